The zero-order chi connectivity index (χ0) is 14.8. The minimum Gasteiger partial charge on any atom is -0.399 e. The fourth-order valence-electron chi connectivity index (χ4n) is 1.90. The predicted molar refractivity (Wildman–Crippen MR) is 84.6 cm³/mol. The molecule has 0 saturated carbocycles. The number of anilines is 2. The maximum absolute atomic E-state index is 12.4. The molecule has 20 heavy (non-hydrogen) atoms. The third-order valence-corrected chi connectivity index (χ3v) is 5.16. The molecule has 0 amide bonds. The van der Waals surface area contributed by atoms with Gasteiger partial charge in [0.2, 0.25) is 0 Å². The number of hydrogen-bond donors (Lipinski definition) is 2. The molecule has 106 valence electrons. The lowest BCUT2D eigenvalue weighted by molar-refractivity contribution is 0.600. The van der Waals surface area contributed by atoms with Crippen LogP contribution in [0.5, 0.6) is 0 Å². The number of sulfonamides is 1. The molecule has 2 aromatic rings. The quantitative estimate of drug-likeness (QED) is 0.672. The summed E-state index contributed by atoms with van der Waals surface area (Å²) in [5.41, 5.74) is 7.40. The van der Waals surface area contributed by atoms with Crippen molar-refractivity contribution in [1.29, 1.82) is 0 Å². The maximum Gasteiger partial charge on any atom is 0.262 e. The van der Waals surface area contributed by atoms with Gasteiger partial charge in [-0.05, 0) is 49.1 Å². The van der Waals surface area contributed by atoms with Gasteiger partial charge in [0, 0.05) is 10.6 Å². The Hall–Kier alpha value is -1.66. The highest BCUT2D eigenvalue weighted by Crippen LogP contribution is 2.28. The first-order chi connectivity index (χ1) is 9.44. The molecule has 2 aromatic carbocycles. The highest BCUT2D eigenvalue weighted by molar-refractivity contribution is 7.99. The average molecular weight is 308 g/mol. The van der Waals surface area contributed by atoms with Crippen LogP contribution in [0.2, 0.25) is 0 Å². The second kappa shape index (κ2) is 5.76. The Kier molecular flexibility index (Phi) is 4.25. The molecule has 2 rings (SSSR count). The van der Waals surface area contributed by atoms with Crippen LogP contribution in [-0.2, 0) is 10.0 Å². The van der Waals surface area contributed by atoms with Gasteiger partial charge in [0.05, 0.1) is 10.6 Å². The van der Waals surface area contributed by atoms with Crippen LogP contribution in [0.1, 0.15) is 5.56 Å². The van der Waals surface area contributed by atoms with Crippen molar-refractivity contribution in [1.82, 2.24) is 0 Å². The van der Waals surface area contributed by atoms with Crippen LogP contribution in [-0.4, -0.2) is 14.7 Å². The second-order valence-electron chi connectivity index (χ2n) is 4.33. The monoisotopic (exact) mass is 308 g/mol. The highest BCUT2D eigenvalue weighted by Gasteiger charge is 2.18. The van der Waals surface area contributed by atoms with Crippen LogP contribution in [0.15, 0.2) is 52.3 Å². The van der Waals surface area contributed by atoms with E-state index in [0.29, 0.717) is 16.9 Å². The van der Waals surface area contributed by atoms with Crippen LogP contribution in [0.3, 0.4) is 0 Å². The van der Waals surface area contributed by atoms with Crippen molar-refractivity contribution in [2.24, 2.45) is 0 Å². The smallest absolute Gasteiger partial charge is 0.262 e. The van der Waals surface area contributed by atoms with Crippen LogP contribution >= 0.6 is 11.8 Å². The number of hydrogen-bond acceptors (Lipinski definition) is 4. The van der Waals surface area contributed by atoms with Crippen molar-refractivity contribution >= 4 is 33.2 Å². The number of rotatable bonds is 4. The van der Waals surface area contributed by atoms with E-state index in [0.717, 1.165) is 4.90 Å². The largest absolute Gasteiger partial charge is 0.399 e. The molecule has 3 N–H and O–H groups in total. The number of aryl methyl sites for hydroxylation is 1. The van der Waals surface area contributed by atoms with Gasteiger partial charge in [-0.15, -0.1) is 11.8 Å². The molecule has 0 aliphatic carbocycles. The fourth-order valence-corrected chi connectivity index (χ4v) is 3.83. The van der Waals surface area contributed by atoms with E-state index in [1.165, 1.54) is 17.8 Å². The summed E-state index contributed by atoms with van der Waals surface area (Å²) >= 11 is 1.49. The van der Waals surface area contributed by atoms with Gasteiger partial charge in [-0.2, -0.15) is 0 Å². The van der Waals surface area contributed by atoms with Crippen molar-refractivity contribution in [2.75, 3.05) is 16.7 Å². The van der Waals surface area contributed by atoms with Crippen molar-refractivity contribution in [3.8, 4) is 0 Å². The molecule has 0 saturated heterocycles. The molecule has 0 aliphatic heterocycles. The van der Waals surface area contributed by atoms with Gasteiger partial charge in [0.25, 0.3) is 10.0 Å². The molecule has 0 aromatic heterocycles. The summed E-state index contributed by atoms with van der Waals surface area (Å²) in [6, 6.07) is 12.0. The molecule has 0 aliphatic rings. The lowest BCUT2D eigenvalue weighted by atomic mass is 10.2. The summed E-state index contributed by atoms with van der Waals surface area (Å²) in [7, 11) is -3.61. The summed E-state index contributed by atoms with van der Waals surface area (Å²) in [5, 5.41) is 0. The van der Waals surface area contributed by atoms with Crippen LogP contribution in [0.4, 0.5) is 11.4 Å². The Morgan fingerprint density at radius 3 is 2.50 bits per heavy atom. The number of nitrogens with one attached hydrogen (secondary N) is 1. The number of benzene rings is 2. The number of thioether (sulfide) groups is 1. The molecule has 0 unspecified atom stereocenters. The molecule has 0 atom stereocenters. The standard InChI is InChI=1S/C14H16N2O2S2/c1-10-9-11(15)7-8-14(10)20(17,18)16-12-5-3-4-6-13(12)19-2/h3-9,16H,15H2,1-2H3. The van der Waals surface area contributed by atoms with Crippen LogP contribution in [0.25, 0.3) is 0 Å². The van der Waals surface area contributed by atoms with Crippen molar-refractivity contribution in [3.63, 3.8) is 0 Å². The fraction of sp³-hybridized carbons (Fsp3) is 0.143. The minimum atomic E-state index is -3.61. The van der Waals surface area contributed by atoms with Gasteiger partial charge < -0.3 is 5.73 Å². The van der Waals surface area contributed by atoms with Crippen LogP contribution < -0.4 is 10.5 Å². The summed E-state index contributed by atoms with van der Waals surface area (Å²) in [6.45, 7) is 1.73. The van der Waals surface area contributed by atoms with Gasteiger partial charge in [0.15, 0.2) is 0 Å². The molecule has 4 nitrogen and oxygen atoms in total. The Labute approximate surface area is 123 Å². The summed E-state index contributed by atoms with van der Waals surface area (Å²) in [5.74, 6) is 0. The van der Waals surface area contributed by atoms with E-state index in [1.807, 2.05) is 18.4 Å². The van der Waals surface area contributed by atoms with E-state index in [2.05, 4.69) is 4.72 Å². The van der Waals surface area contributed by atoms with Gasteiger partial charge >= 0.3 is 0 Å². The second-order valence-corrected chi connectivity index (χ2v) is 6.83. The Bertz CT molecular complexity index is 728. The van der Waals surface area contributed by atoms with E-state index in [4.69, 9.17) is 5.73 Å². The van der Waals surface area contributed by atoms with Gasteiger partial charge in [-0.3, -0.25) is 4.72 Å². The first-order valence-electron chi connectivity index (χ1n) is 5.96. The third-order valence-electron chi connectivity index (χ3n) is 2.84. The predicted octanol–water partition coefficient (Wildman–Crippen LogP) is 3.10. The Balaban J connectivity index is 2.41. The number of nitrogens with two attached hydrogens (primary N) is 1. The number of nitrogen functional groups attached to an aromatic ring is 1. The first-order valence-corrected chi connectivity index (χ1v) is 8.67. The molecular weight excluding hydrogens is 292 g/mol. The maximum atomic E-state index is 12.4. The van der Waals surface area contributed by atoms with Crippen molar-refractivity contribution < 1.29 is 8.42 Å². The summed E-state index contributed by atoms with van der Waals surface area (Å²) < 4.78 is 27.5. The highest BCUT2D eigenvalue weighted by atomic mass is 32.2. The summed E-state index contributed by atoms with van der Waals surface area (Å²) in [4.78, 5) is 1.12. The molecule has 0 bridgehead atoms. The molecule has 6 heteroatoms. The topological polar surface area (TPSA) is 72.2 Å². The number of para-hydroxylation sites is 1. The van der Waals surface area contributed by atoms with Crippen molar-refractivity contribution in [3.05, 3.63) is 48.0 Å². The molecular formula is C14H16N2O2S2. The van der Waals surface area contributed by atoms with E-state index < -0.39 is 10.0 Å². The van der Waals surface area contributed by atoms with Crippen molar-refractivity contribution in [2.45, 2.75) is 16.7 Å². The van der Waals surface area contributed by atoms with Crippen LogP contribution in [0, 0.1) is 6.92 Å². The Morgan fingerprint density at radius 1 is 1.15 bits per heavy atom. The third kappa shape index (κ3) is 3.08. The lowest BCUT2D eigenvalue weighted by Gasteiger charge is -2.13. The van der Waals surface area contributed by atoms with E-state index in [9.17, 15) is 8.42 Å². The van der Waals surface area contributed by atoms with Gasteiger partial charge in [-0.1, -0.05) is 12.1 Å². The van der Waals surface area contributed by atoms with E-state index in [1.54, 1.807) is 31.2 Å². The normalized spacial score (nSPS) is 11.3. The molecule has 0 heterocycles. The SMILES string of the molecule is CSc1ccccc1NS(=O)(=O)c1ccc(N)cc1C. The molecule has 0 fully saturated rings. The summed E-state index contributed by atoms with van der Waals surface area (Å²) in [6.07, 6.45) is 1.90. The average Bonchev–Trinajstić information content (AvgIpc) is 2.38. The zero-order valence-electron chi connectivity index (χ0n) is 11.3. The molecule has 0 spiro atoms. The Morgan fingerprint density at radius 2 is 1.85 bits per heavy atom. The molecule has 0 radical (unpaired) electrons. The van der Waals surface area contributed by atoms with E-state index >= 15 is 0 Å². The van der Waals surface area contributed by atoms with Gasteiger partial charge in [0.1, 0.15) is 0 Å². The van der Waals surface area contributed by atoms with Gasteiger partial charge in [-0.25, -0.2) is 8.42 Å². The lowest BCUT2D eigenvalue weighted by Crippen LogP contribution is -2.14. The zero-order valence-corrected chi connectivity index (χ0v) is 12.9. The minimum absolute atomic E-state index is 0.239. The van der Waals surface area contributed by atoms with E-state index in [-0.39, 0.29) is 4.90 Å². The first kappa shape index (κ1) is 14.7.